The van der Waals surface area contributed by atoms with Gasteiger partial charge in [0.2, 0.25) is 0 Å². The van der Waals surface area contributed by atoms with Crippen LogP contribution < -0.4 is 4.74 Å². The molecule has 1 aliphatic rings. The number of ether oxygens (including phenoxy) is 1. The van der Waals surface area contributed by atoms with Gasteiger partial charge in [0.1, 0.15) is 23.1 Å². The minimum atomic E-state index is -0.750. The number of methoxy groups -OCH3 is 1. The molecular weight excluding hydrogens is 258 g/mol. The highest BCUT2D eigenvalue weighted by molar-refractivity contribution is 5.79. The van der Waals surface area contributed by atoms with Crippen LogP contribution in [0.2, 0.25) is 0 Å². The third-order valence-electron chi connectivity index (χ3n) is 3.78. The van der Waals surface area contributed by atoms with Crippen molar-refractivity contribution in [2.75, 3.05) is 13.7 Å². The van der Waals surface area contributed by atoms with Crippen LogP contribution in [-0.2, 0) is 11.3 Å². The van der Waals surface area contributed by atoms with E-state index in [0.29, 0.717) is 13.0 Å². The summed E-state index contributed by atoms with van der Waals surface area (Å²) < 4.78 is 11.0. The van der Waals surface area contributed by atoms with E-state index in [1.807, 2.05) is 29.2 Å². The first-order chi connectivity index (χ1) is 9.67. The fourth-order valence-corrected chi connectivity index (χ4v) is 2.78. The zero-order valence-electron chi connectivity index (χ0n) is 11.3. The molecule has 20 heavy (non-hydrogen) atoms. The van der Waals surface area contributed by atoms with Crippen LogP contribution >= 0.6 is 0 Å². The second-order valence-corrected chi connectivity index (χ2v) is 5.08. The Bertz CT molecular complexity index is 634. The molecule has 5 heteroatoms. The smallest absolute Gasteiger partial charge is 0.320 e. The lowest BCUT2D eigenvalue weighted by molar-refractivity contribution is -0.142. The number of aliphatic carboxylic acids is 1. The Morgan fingerprint density at radius 3 is 3.10 bits per heavy atom. The van der Waals surface area contributed by atoms with Crippen LogP contribution in [0.25, 0.3) is 11.0 Å². The van der Waals surface area contributed by atoms with Crippen LogP contribution in [0.1, 0.15) is 18.6 Å². The summed E-state index contributed by atoms with van der Waals surface area (Å²) in [7, 11) is 1.63. The van der Waals surface area contributed by atoms with E-state index in [-0.39, 0.29) is 0 Å². The van der Waals surface area contributed by atoms with Crippen molar-refractivity contribution in [3.63, 3.8) is 0 Å². The van der Waals surface area contributed by atoms with Crippen molar-refractivity contribution in [3.8, 4) is 5.75 Å². The number of benzene rings is 1. The summed E-state index contributed by atoms with van der Waals surface area (Å²) in [4.78, 5) is 13.1. The second-order valence-electron chi connectivity index (χ2n) is 5.08. The van der Waals surface area contributed by atoms with E-state index in [2.05, 4.69) is 0 Å². The minimum absolute atomic E-state index is 0.391. The number of carboxylic acid groups (broad SMARTS) is 1. The van der Waals surface area contributed by atoms with E-state index in [4.69, 9.17) is 9.15 Å². The first-order valence-corrected chi connectivity index (χ1v) is 6.70. The fourth-order valence-electron chi connectivity index (χ4n) is 2.78. The molecule has 1 aromatic heterocycles. The maximum Gasteiger partial charge on any atom is 0.320 e. The quantitative estimate of drug-likeness (QED) is 0.928. The standard InChI is InChI=1S/C15H17NO4/c1-19-11-4-5-14-10(7-11)8-12(20-14)9-16-6-2-3-13(16)15(17)18/h4-5,7-8,13H,2-3,6,9H2,1H3,(H,17,18)/t13-/m1/s1. The van der Waals surface area contributed by atoms with Crippen LogP contribution in [0.4, 0.5) is 0 Å². The number of nitrogens with zero attached hydrogens (tertiary/aromatic N) is 1. The molecule has 1 aliphatic heterocycles. The van der Waals surface area contributed by atoms with Gasteiger partial charge in [0.05, 0.1) is 13.7 Å². The first kappa shape index (κ1) is 13.0. The van der Waals surface area contributed by atoms with Crippen LogP contribution in [0.3, 0.4) is 0 Å². The molecule has 5 nitrogen and oxygen atoms in total. The predicted molar refractivity (Wildman–Crippen MR) is 73.8 cm³/mol. The molecule has 0 radical (unpaired) electrons. The van der Waals surface area contributed by atoms with Gasteiger partial charge in [-0.25, -0.2) is 0 Å². The van der Waals surface area contributed by atoms with Gasteiger partial charge >= 0.3 is 5.97 Å². The molecule has 1 N–H and O–H groups in total. The van der Waals surface area contributed by atoms with Gasteiger partial charge in [0.15, 0.2) is 0 Å². The molecule has 0 saturated carbocycles. The highest BCUT2D eigenvalue weighted by Crippen LogP contribution is 2.27. The van der Waals surface area contributed by atoms with E-state index < -0.39 is 12.0 Å². The molecule has 2 heterocycles. The highest BCUT2D eigenvalue weighted by Gasteiger charge is 2.30. The van der Waals surface area contributed by atoms with Crippen LogP contribution in [0, 0.1) is 0 Å². The van der Waals surface area contributed by atoms with Crippen molar-refractivity contribution in [3.05, 3.63) is 30.0 Å². The van der Waals surface area contributed by atoms with Gasteiger partial charge in [-0.1, -0.05) is 0 Å². The van der Waals surface area contributed by atoms with Crippen LogP contribution in [0.15, 0.2) is 28.7 Å². The number of hydrogen-bond acceptors (Lipinski definition) is 4. The molecule has 0 aliphatic carbocycles. The van der Waals surface area contributed by atoms with E-state index in [1.54, 1.807) is 7.11 Å². The summed E-state index contributed by atoms with van der Waals surface area (Å²) in [6.45, 7) is 1.34. The van der Waals surface area contributed by atoms with Gasteiger partial charge in [0, 0.05) is 5.39 Å². The molecule has 0 spiro atoms. The number of furan rings is 1. The molecular formula is C15H17NO4. The normalized spacial score (nSPS) is 19.6. The van der Waals surface area contributed by atoms with Gasteiger partial charge in [-0.3, -0.25) is 9.69 Å². The fraction of sp³-hybridized carbons (Fsp3) is 0.400. The van der Waals surface area contributed by atoms with Crippen molar-refractivity contribution in [2.24, 2.45) is 0 Å². The van der Waals surface area contributed by atoms with Crippen LogP contribution in [-0.4, -0.2) is 35.7 Å². The Morgan fingerprint density at radius 1 is 1.50 bits per heavy atom. The summed E-state index contributed by atoms with van der Waals surface area (Å²) in [5.41, 5.74) is 0.798. The third-order valence-corrected chi connectivity index (χ3v) is 3.78. The van der Waals surface area contributed by atoms with Crippen LogP contribution in [0.5, 0.6) is 5.75 Å². The van der Waals surface area contributed by atoms with Crippen molar-refractivity contribution in [1.29, 1.82) is 0 Å². The van der Waals surface area contributed by atoms with Gasteiger partial charge < -0.3 is 14.3 Å². The third kappa shape index (κ3) is 2.36. The van der Waals surface area contributed by atoms with E-state index in [9.17, 15) is 9.90 Å². The Kier molecular flexibility index (Phi) is 3.36. The Labute approximate surface area is 116 Å². The molecule has 0 unspecified atom stereocenters. The number of carboxylic acids is 1. The number of fused-ring (bicyclic) bond motifs is 1. The zero-order valence-corrected chi connectivity index (χ0v) is 11.3. The molecule has 1 saturated heterocycles. The van der Waals surface area contributed by atoms with E-state index in [1.165, 1.54) is 0 Å². The largest absolute Gasteiger partial charge is 0.497 e. The van der Waals surface area contributed by atoms with Gasteiger partial charge in [-0.2, -0.15) is 0 Å². The summed E-state index contributed by atoms with van der Waals surface area (Å²) in [6.07, 6.45) is 1.63. The predicted octanol–water partition coefficient (Wildman–Crippen LogP) is 2.49. The number of likely N-dealkylation sites (tertiary alicyclic amines) is 1. The molecule has 1 fully saturated rings. The minimum Gasteiger partial charge on any atom is -0.497 e. The molecule has 0 amide bonds. The Balaban J connectivity index is 1.82. The van der Waals surface area contributed by atoms with Gasteiger partial charge in [-0.15, -0.1) is 0 Å². The van der Waals surface area contributed by atoms with E-state index >= 15 is 0 Å². The zero-order chi connectivity index (χ0) is 14.1. The van der Waals surface area contributed by atoms with Gasteiger partial charge in [0.25, 0.3) is 0 Å². The maximum absolute atomic E-state index is 11.2. The number of rotatable bonds is 4. The lowest BCUT2D eigenvalue weighted by Crippen LogP contribution is -2.35. The summed E-state index contributed by atoms with van der Waals surface area (Å²) in [5, 5.41) is 10.2. The molecule has 106 valence electrons. The highest BCUT2D eigenvalue weighted by atomic mass is 16.5. The molecule has 2 aromatic rings. The second kappa shape index (κ2) is 5.17. The average Bonchev–Trinajstić information content (AvgIpc) is 3.03. The molecule has 3 rings (SSSR count). The van der Waals surface area contributed by atoms with Crippen molar-refractivity contribution in [1.82, 2.24) is 4.90 Å². The molecule has 1 atom stereocenters. The summed E-state index contributed by atoms with van der Waals surface area (Å²) >= 11 is 0. The van der Waals surface area contributed by atoms with E-state index in [0.717, 1.165) is 35.4 Å². The first-order valence-electron chi connectivity index (χ1n) is 6.70. The van der Waals surface area contributed by atoms with Crippen molar-refractivity contribution < 1.29 is 19.1 Å². The monoisotopic (exact) mass is 275 g/mol. The summed E-state index contributed by atoms with van der Waals surface area (Å²) in [6, 6.07) is 7.20. The molecule has 0 bridgehead atoms. The topological polar surface area (TPSA) is 62.9 Å². The van der Waals surface area contributed by atoms with Crippen molar-refractivity contribution >= 4 is 16.9 Å². The summed E-state index contributed by atoms with van der Waals surface area (Å²) in [5.74, 6) is 0.830. The SMILES string of the molecule is COc1ccc2oc(CN3CCC[C@@H]3C(=O)O)cc2c1. The van der Waals surface area contributed by atoms with Gasteiger partial charge in [-0.05, 0) is 43.7 Å². The van der Waals surface area contributed by atoms with Crippen molar-refractivity contribution in [2.45, 2.75) is 25.4 Å². The maximum atomic E-state index is 11.2. The Morgan fingerprint density at radius 2 is 2.35 bits per heavy atom. The number of carbonyl (C=O) groups is 1. The lowest BCUT2D eigenvalue weighted by Gasteiger charge is -2.19. The Hall–Kier alpha value is -2.01. The number of hydrogen-bond donors (Lipinski definition) is 1. The average molecular weight is 275 g/mol. The molecule has 1 aromatic carbocycles. The lowest BCUT2D eigenvalue weighted by atomic mass is 10.2.